The van der Waals surface area contributed by atoms with Gasteiger partial charge in [0.05, 0.1) is 11.7 Å². The second kappa shape index (κ2) is 6.36. The summed E-state index contributed by atoms with van der Waals surface area (Å²) in [6.07, 6.45) is 5.76. The second-order valence-electron chi connectivity index (χ2n) is 4.94. The average molecular weight is 259 g/mol. The molecule has 4 heteroatoms. The lowest BCUT2D eigenvalue weighted by atomic mass is 9.97. The molecule has 2 N–H and O–H groups in total. The van der Waals surface area contributed by atoms with E-state index < -0.39 is 0 Å². The highest BCUT2D eigenvalue weighted by Crippen LogP contribution is 2.20. The number of carbonyl (C=O) groups excluding carboxylic acids is 1. The van der Waals surface area contributed by atoms with Crippen LogP contribution >= 0.6 is 0 Å². The monoisotopic (exact) mass is 259 g/mol. The van der Waals surface area contributed by atoms with Gasteiger partial charge in [-0.15, -0.1) is 0 Å². The highest BCUT2D eigenvalue weighted by atomic mass is 16.1. The van der Waals surface area contributed by atoms with Crippen molar-refractivity contribution in [1.82, 2.24) is 10.2 Å². The van der Waals surface area contributed by atoms with Crippen LogP contribution < -0.4 is 5.32 Å². The Bertz CT molecular complexity index is 541. The minimum atomic E-state index is 0.118. The van der Waals surface area contributed by atoms with Gasteiger partial charge in [-0.1, -0.05) is 26.7 Å². The van der Waals surface area contributed by atoms with Crippen molar-refractivity contribution in [2.75, 3.05) is 5.32 Å². The molecule has 0 saturated carbocycles. The van der Waals surface area contributed by atoms with Gasteiger partial charge in [0.25, 0.3) is 0 Å². The van der Waals surface area contributed by atoms with E-state index >= 15 is 0 Å². The number of hydrogen-bond donors (Lipinski definition) is 2. The van der Waals surface area contributed by atoms with Crippen LogP contribution in [0.2, 0.25) is 0 Å². The maximum atomic E-state index is 12.2. The van der Waals surface area contributed by atoms with Crippen LogP contribution in [-0.4, -0.2) is 16.1 Å². The number of benzene rings is 1. The summed E-state index contributed by atoms with van der Waals surface area (Å²) in [4.78, 5) is 12.2. The molecule has 2 aromatic rings. The highest BCUT2D eigenvalue weighted by molar-refractivity contribution is 5.94. The van der Waals surface area contributed by atoms with Crippen LogP contribution in [0.25, 0.3) is 10.9 Å². The number of nitrogens with one attached hydrogen (secondary N) is 2. The minimum Gasteiger partial charge on any atom is -0.326 e. The number of H-pyrrole nitrogens is 1. The molecule has 1 heterocycles. The maximum absolute atomic E-state index is 12.2. The first-order valence-electron chi connectivity index (χ1n) is 6.98. The quantitative estimate of drug-likeness (QED) is 0.830. The molecule has 4 nitrogen and oxygen atoms in total. The minimum absolute atomic E-state index is 0.118. The Morgan fingerprint density at radius 3 is 2.74 bits per heavy atom. The van der Waals surface area contributed by atoms with E-state index in [0.717, 1.165) is 42.3 Å². The summed E-state index contributed by atoms with van der Waals surface area (Å²) in [7, 11) is 0. The van der Waals surface area contributed by atoms with Crippen LogP contribution in [0.5, 0.6) is 0 Å². The number of carbonyl (C=O) groups is 1. The predicted octanol–water partition coefficient (Wildman–Crippen LogP) is 3.72. The van der Waals surface area contributed by atoms with Gasteiger partial charge in [-0.05, 0) is 31.0 Å². The molecule has 0 unspecified atom stereocenters. The van der Waals surface area contributed by atoms with Crippen molar-refractivity contribution in [1.29, 1.82) is 0 Å². The number of aromatic amines is 1. The van der Waals surface area contributed by atoms with Gasteiger partial charge in [-0.3, -0.25) is 9.89 Å². The van der Waals surface area contributed by atoms with Crippen molar-refractivity contribution in [2.24, 2.45) is 5.92 Å². The Morgan fingerprint density at radius 1 is 1.32 bits per heavy atom. The molecule has 0 radical (unpaired) electrons. The van der Waals surface area contributed by atoms with Gasteiger partial charge in [-0.25, -0.2) is 0 Å². The molecule has 0 spiro atoms. The van der Waals surface area contributed by atoms with Gasteiger partial charge >= 0.3 is 0 Å². The lowest BCUT2D eigenvalue weighted by Crippen LogP contribution is -2.22. The SMILES string of the molecule is CCCC(CCC)C(=O)Nc1ccc2cn[nH]c2c1. The number of hydrogen-bond acceptors (Lipinski definition) is 2. The van der Waals surface area contributed by atoms with Crippen LogP contribution in [0, 0.1) is 5.92 Å². The molecule has 19 heavy (non-hydrogen) atoms. The summed E-state index contributed by atoms with van der Waals surface area (Å²) in [6, 6.07) is 5.81. The molecule has 0 bridgehead atoms. The number of fused-ring (bicyclic) bond motifs is 1. The van der Waals surface area contributed by atoms with Crippen LogP contribution in [0.3, 0.4) is 0 Å². The third-order valence-electron chi connectivity index (χ3n) is 3.35. The number of rotatable bonds is 6. The zero-order valence-electron chi connectivity index (χ0n) is 11.6. The molecule has 1 amide bonds. The molecule has 1 aromatic carbocycles. The lowest BCUT2D eigenvalue weighted by Gasteiger charge is -2.15. The van der Waals surface area contributed by atoms with E-state index in [0.29, 0.717) is 0 Å². The van der Waals surface area contributed by atoms with Crippen LogP contribution in [0.4, 0.5) is 5.69 Å². The van der Waals surface area contributed by atoms with Gasteiger partial charge in [0, 0.05) is 17.0 Å². The molecule has 0 aliphatic carbocycles. The largest absolute Gasteiger partial charge is 0.326 e. The first kappa shape index (κ1) is 13.6. The Kier molecular flexibility index (Phi) is 4.55. The number of aromatic nitrogens is 2. The first-order valence-corrected chi connectivity index (χ1v) is 6.98. The molecule has 2 rings (SSSR count). The summed E-state index contributed by atoms with van der Waals surface area (Å²) in [5, 5.41) is 10.9. The fourth-order valence-electron chi connectivity index (χ4n) is 2.36. The summed E-state index contributed by atoms with van der Waals surface area (Å²) < 4.78 is 0. The van der Waals surface area contributed by atoms with Crippen molar-refractivity contribution >= 4 is 22.5 Å². The van der Waals surface area contributed by atoms with Crippen molar-refractivity contribution in [3.05, 3.63) is 24.4 Å². The van der Waals surface area contributed by atoms with E-state index in [9.17, 15) is 4.79 Å². The standard InChI is InChI=1S/C15H21N3O/c1-3-5-11(6-4-2)15(19)17-13-8-7-12-10-16-18-14(12)9-13/h7-11H,3-6H2,1-2H3,(H,16,18)(H,17,19). The topological polar surface area (TPSA) is 57.8 Å². The zero-order chi connectivity index (χ0) is 13.7. The molecule has 0 fully saturated rings. The third kappa shape index (κ3) is 3.34. The summed E-state index contributed by atoms with van der Waals surface area (Å²) >= 11 is 0. The molecule has 0 aliphatic rings. The Balaban J connectivity index is 2.07. The Morgan fingerprint density at radius 2 is 2.05 bits per heavy atom. The van der Waals surface area contributed by atoms with Crippen molar-refractivity contribution < 1.29 is 4.79 Å². The molecular weight excluding hydrogens is 238 g/mol. The average Bonchev–Trinajstić information content (AvgIpc) is 2.86. The van der Waals surface area contributed by atoms with Gasteiger partial charge in [0.15, 0.2) is 0 Å². The van der Waals surface area contributed by atoms with E-state index in [2.05, 4.69) is 29.4 Å². The predicted molar refractivity (Wildman–Crippen MR) is 78.0 cm³/mol. The van der Waals surface area contributed by atoms with Crippen molar-refractivity contribution in [3.63, 3.8) is 0 Å². The molecule has 0 saturated heterocycles. The van der Waals surface area contributed by atoms with Crippen LogP contribution in [0.15, 0.2) is 24.4 Å². The number of nitrogens with zero attached hydrogens (tertiary/aromatic N) is 1. The highest BCUT2D eigenvalue weighted by Gasteiger charge is 2.16. The molecule has 0 atom stereocenters. The van der Waals surface area contributed by atoms with Gasteiger partial charge in [-0.2, -0.15) is 5.10 Å². The second-order valence-corrected chi connectivity index (χ2v) is 4.94. The van der Waals surface area contributed by atoms with Crippen molar-refractivity contribution in [2.45, 2.75) is 39.5 Å². The normalized spacial score (nSPS) is 11.1. The fraction of sp³-hybridized carbons (Fsp3) is 0.467. The smallest absolute Gasteiger partial charge is 0.227 e. The van der Waals surface area contributed by atoms with E-state index in [1.807, 2.05) is 18.2 Å². The van der Waals surface area contributed by atoms with Crippen LogP contribution in [0.1, 0.15) is 39.5 Å². The summed E-state index contributed by atoms with van der Waals surface area (Å²) in [5.74, 6) is 0.245. The number of anilines is 1. The van der Waals surface area contributed by atoms with E-state index in [4.69, 9.17) is 0 Å². The number of amides is 1. The molecular formula is C15H21N3O. The van der Waals surface area contributed by atoms with E-state index in [1.165, 1.54) is 0 Å². The van der Waals surface area contributed by atoms with Gasteiger partial charge in [0.2, 0.25) is 5.91 Å². The van der Waals surface area contributed by atoms with E-state index in [-0.39, 0.29) is 11.8 Å². The maximum Gasteiger partial charge on any atom is 0.227 e. The Hall–Kier alpha value is -1.84. The fourth-order valence-corrected chi connectivity index (χ4v) is 2.36. The molecule has 0 aliphatic heterocycles. The van der Waals surface area contributed by atoms with Crippen molar-refractivity contribution in [3.8, 4) is 0 Å². The zero-order valence-corrected chi connectivity index (χ0v) is 11.6. The summed E-state index contributed by atoms with van der Waals surface area (Å²) in [6.45, 7) is 4.24. The Labute approximate surface area is 113 Å². The molecule has 102 valence electrons. The molecule has 1 aromatic heterocycles. The first-order chi connectivity index (χ1) is 9.24. The van der Waals surface area contributed by atoms with Gasteiger partial charge in [0.1, 0.15) is 0 Å². The van der Waals surface area contributed by atoms with E-state index in [1.54, 1.807) is 6.20 Å². The van der Waals surface area contributed by atoms with Gasteiger partial charge < -0.3 is 5.32 Å². The third-order valence-corrected chi connectivity index (χ3v) is 3.35. The lowest BCUT2D eigenvalue weighted by molar-refractivity contribution is -0.120. The summed E-state index contributed by atoms with van der Waals surface area (Å²) in [5.41, 5.74) is 1.78. The van der Waals surface area contributed by atoms with Crippen LogP contribution in [-0.2, 0) is 4.79 Å².